The predicted octanol–water partition coefficient (Wildman–Crippen LogP) is 2.79. The lowest BCUT2D eigenvalue weighted by Gasteiger charge is -2.22. The Balaban J connectivity index is 1.91. The molecule has 1 aromatic carbocycles. The molecule has 1 aromatic rings. The standard InChI is InChI=1S/C14H15BrO3/c1-17-11-7-5-10(6-8-11)9-18-13-4-2-3-12(15)14(13)16/h2-8,13-14,16H,9H2,1H3/t13-,14+/m0/s1. The first-order valence-electron chi connectivity index (χ1n) is 5.67. The fraction of sp³-hybridized carbons (Fsp3) is 0.286. The van der Waals surface area contributed by atoms with E-state index in [1.54, 1.807) is 7.11 Å². The monoisotopic (exact) mass is 310 g/mol. The Kier molecular flexibility index (Phi) is 4.58. The average molecular weight is 311 g/mol. The molecule has 0 aliphatic heterocycles. The molecular formula is C14H15BrO3. The van der Waals surface area contributed by atoms with Crippen LogP contribution in [-0.2, 0) is 11.3 Å². The Bertz CT molecular complexity index is 451. The molecule has 0 aromatic heterocycles. The highest BCUT2D eigenvalue weighted by Crippen LogP contribution is 2.22. The number of hydrogen-bond acceptors (Lipinski definition) is 3. The van der Waals surface area contributed by atoms with Gasteiger partial charge in [-0.2, -0.15) is 0 Å². The molecule has 0 unspecified atom stereocenters. The first-order chi connectivity index (χ1) is 8.70. The van der Waals surface area contributed by atoms with Crippen LogP contribution >= 0.6 is 15.9 Å². The van der Waals surface area contributed by atoms with Gasteiger partial charge in [-0.15, -0.1) is 0 Å². The Hall–Kier alpha value is -1.10. The van der Waals surface area contributed by atoms with E-state index < -0.39 is 6.10 Å². The third-order valence-corrected chi connectivity index (χ3v) is 3.48. The highest BCUT2D eigenvalue weighted by atomic mass is 79.9. The van der Waals surface area contributed by atoms with Crippen molar-refractivity contribution in [1.82, 2.24) is 0 Å². The van der Waals surface area contributed by atoms with E-state index in [9.17, 15) is 5.11 Å². The smallest absolute Gasteiger partial charge is 0.118 e. The topological polar surface area (TPSA) is 38.7 Å². The summed E-state index contributed by atoms with van der Waals surface area (Å²) < 4.78 is 11.5. The maximum Gasteiger partial charge on any atom is 0.118 e. The molecule has 0 saturated heterocycles. The lowest BCUT2D eigenvalue weighted by Crippen LogP contribution is -2.28. The minimum atomic E-state index is -0.631. The van der Waals surface area contributed by atoms with Crippen molar-refractivity contribution in [3.8, 4) is 5.75 Å². The van der Waals surface area contributed by atoms with Crippen molar-refractivity contribution in [3.63, 3.8) is 0 Å². The van der Waals surface area contributed by atoms with Crippen molar-refractivity contribution < 1.29 is 14.6 Å². The van der Waals surface area contributed by atoms with Crippen molar-refractivity contribution in [1.29, 1.82) is 0 Å². The summed E-state index contributed by atoms with van der Waals surface area (Å²) in [5, 5.41) is 9.89. The van der Waals surface area contributed by atoms with Gasteiger partial charge in [0.05, 0.1) is 13.7 Å². The Morgan fingerprint density at radius 1 is 1.28 bits per heavy atom. The molecule has 2 rings (SSSR count). The Morgan fingerprint density at radius 2 is 2.00 bits per heavy atom. The molecule has 1 N–H and O–H groups in total. The summed E-state index contributed by atoms with van der Waals surface area (Å²) in [6, 6.07) is 7.68. The van der Waals surface area contributed by atoms with Crippen LogP contribution in [0.25, 0.3) is 0 Å². The van der Waals surface area contributed by atoms with Gasteiger partial charge in [-0.1, -0.05) is 40.2 Å². The van der Waals surface area contributed by atoms with E-state index >= 15 is 0 Å². The van der Waals surface area contributed by atoms with Gasteiger partial charge in [0.1, 0.15) is 18.0 Å². The second-order valence-corrected chi connectivity index (χ2v) is 4.92. The Labute approximate surface area is 115 Å². The summed E-state index contributed by atoms with van der Waals surface area (Å²) in [6.07, 6.45) is 4.59. The number of halogens is 1. The third kappa shape index (κ3) is 3.22. The van der Waals surface area contributed by atoms with Gasteiger partial charge in [-0.05, 0) is 23.8 Å². The van der Waals surface area contributed by atoms with Gasteiger partial charge in [-0.3, -0.25) is 0 Å². The molecular weight excluding hydrogens is 296 g/mol. The molecule has 4 heteroatoms. The summed E-state index contributed by atoms with van der Waals surface area (Å²) in [7, 11) is 1.64. The minimum absolute atomic E-state index is 0.313. The number of benzene rings is 1. The van der Waals surface area contributed by atoms with Crippen molar-refractivity contribution in [2.45, 2.75) is 18.8 Å². The van der Waals surface area contributed by atoms with Crippen LogP contribution in [0.3, 0.4) is 0 Å². The van der Waals surface area contributed by atoms with E-state index in [1.807, 2.05) is 42.5 Å². The maximum absolute atomic E-state index is 9.89. The number of methoxy groups -OCH3 is 1. The van der Waals surface area contributed by atoms with Crippen LogP contribution < -0.4 is 4.74 Å². The van der Waals surface area contributed by atoms with E-state index in [0.717, 1.165) is 15.8 Å². The zero-order valence-electron chi connectivity index (χ0n) is 10.0. The molecule has 0 fully saturated rings. The van der Waals surface area contributed by atoms with Gasteiger partial charge in [0.25, 0.3) is 0 Å². The van der Waals surface area contributed by atoms with E-state index in [1.165, 1.54) is 0 Å². The third-order valence-electron chi connectivity index (χ3n) is 2.75. The van der Waals surface area contributed by atoms with Gasteiger partial charge in [0.2, 0.25) is 0 Å². The minimum Gasteiger partial charge on any atom is -0.497 e. The van der Waals surface area contributed by atoms with E-state index in [-0.39, 0.29) is 6.10 Å². The van der Waals surface area contributed by atoms with Crippen molar-refractivity contribution in [2.75, 3.05) is 7.11 Å². The molecule has 1 aliphatic carbocycles. The number of hydrogen-bond donors (Lipinski definition) is 1. The van der Waals surface area contributed by atoms with Gasteiger partial charge in [0, 0.05) is 4.48 Å². The van der Waals surface area contributed by atoms with Gasteiger partial charge < -0.3 is 14.6 Å². The summed E-state index contributed by atoms with van der Waals surface area (Å²) in [6.45, 7) is 0.455. The molecule has 96 valence electrons. The molecule has 1 aliphatic rings. The molecule has 0 amide bonds. The molecule has 0 radical (unpaired) electrons. The fourth-order valence-electron chi connectivity index (χ4n) is 1.68. The van der Waals surface area contributed by atoms with Gasteiger partial charge in [-0.25, -0.2) is 0 Å². The molecule has 2 atom stereocenters. The van der Waals surface area contributed by atoms with Crippen LogP contribution in [0.1, 0.15) is 5.56 Å². The van der Waals surface area contributed by atoms with Crippen molar-refractivity contribution in [3.05, 3.63) is 52.5 Å². The average Bonchev–Trinajstić information content (AvgIpc) is 2.41. The van der Waals surface area contributed by atoms with Gasteiger partial charge in [0.15, 0.2) is 0 Å². The predicted molar refractivity (Wildman–Crippen MR) is 73.7 cm³/mol. The van der Waals surface area contributed by atoms with Crippen LogP contribution in [0.4, 0.5) is 0 Å². The quantitative estimate of drug-likeness (QED) is 0.929. The molecule has 0 spiro atoms. The fourth-order valence-corrected chi connectivity index (χ4v) is 2.09. The first-order valence-corrected chi connectivity index (χ1v) is 6.46. The van der Waals surface area contributed by atoms with Crippen LogP contribution in [0.5, 0.6) is 5.75 Å². The number of aliphatic hydroxyl groups excluding tert-OH is 1. The number of aliphatic hydroxyl groups is 1. The maximum atomic E-state index is 9.89. The summed E-state index contributed by atoms with van der Waals surface area (Å²) in [5.41, 5.74) is 1.04. The van der Waals surface area contributed by atoms with E-state index in [2.05, 4.69) is 15.9 Å². The highest BCUT2D eigenvalue weighted by Gasteiger charge is 2.21. The zero-order valence-corrected chi connectivity index (χ0v) is 11.6. The molecule has 0 bridgehead atoms. The summed E-state index contributed by atoms with van der Waals surface area (Å²) >= 11 is 3.30. The number of ether oxygens (including phenoxy) is 2. The lowest BCUT2D eigenvalue weighted by atomic mass is 10.1. The highest BCUT2D eigenvalue weighted by molar-refractivity contribution is 9.11. The van der Waals surface area contributed by atoms with Crippen LogP contribution in [0, 0.1) is 0 Å². The van der Waals surface area contributed by atoms with Crippen LogP contribution in [-0.4, -0.2) is 24.4 Å². The van der Waals surface area contributed by atoms with Crippen molar-refractivity contribution in [2.24, 2.45) is 0 Å². The normalized spacial score (nSPS) is 22.7. The van der Waals surface area contributed by atoms with Crippen LogP contribution in [0.15, 0.2) is 47.0 Å². The summed E-state index contributed by atoms with van der Waals surface area (Å²) in [4.78, 5) is 0. The SMILES string of the molecule is COc1ccc(CO[C@H]2C=CC=C(Br)[C@H]2O)cc1. The second kappa shape index (κ2) is 6.18. The van der Waals surface area contributed by atoms with Gasteiger partial charge >= 0.3 is 0 Å². The number of rotatable bonds is 4. The molecule has 0 saturated carbocycles. The Morgan fingerprint density at radius 3 is 2.67 bits per heavy atom. The lowest BCUT2D eigenvalue weighted by molar-refractivity contribution is -0.000324. The number of allylic oxidation sites excluding steroid dienone is 2. The second-order valence-electron chi connectivity index (χ2n) is 4.00. The van der Waals surface area contributed by atoms with Crippen molar-refractivity contribution >= 4 is 15.9 Å². The molecule has 3 nitrogen and oxygen atoms in total. The van der Waals surface area contributed by atoms with E-state index in [4.69, 9.17) is 9.47 Å². The summed E-state index contributed by atoms with van der Waals surface area (Å²) in [5.74, 6) is 0.821. The van der Waals surface area contributed by atoms with E-state index in [0.29, 0.717) is 6.61 Å². The first kappa shape index (κ1) is 13.3. The molecule has 18 heavy (non-hydrogen) atoms. The largest absolute Gasteiger partial charge is 0.497 e. The zero-order chi connectivity index (χ0) is 13.0. The molecule has 0 heterocycles. The van der Waals surface area contributed by atoms with Crippen LogP contribution in [0.2, 0.25) is 0 Å².